The normalized spacial score (nSPS) is 27.6. The molecule has 3 heteroatoms. The van der Waals surface area contributed by atoms with Gasteiger partial charge in [-0.05, 0) is 44.4 Å². The molecule has 0 spiro atoms. The van der Waals surface area contributed by atoms with Gasteiger partial charge < -0.3 is 9.84 Å². The highest BCUT2D eigenvalue weighted by atomic mass is 16.6. The lowest BCUT2D eigenvalue weighted by Gasteiger charge is -2.41. The summed E-state index contributed by atoms with van der Waals surface area (Å²) in [5.41, 5.74) is -0.105. The lowest BCUT2D eigenvalue weighted by atomic mass is 9.86. The summed E-state index contributed by atoms with van der Waals surface area (Å²) >= 11 is 0. The Hall–Kier alpha value is -0.120. The SMILES string of the molecule is CC(C)C1CCN(C(O)OC2(C)CCCCC2)CC1. The first kappa shape index (κ1) is 15.3. The monoisotopic (exact) mass is 269 g/mol. The van der Waals surface area contributed by atoms with E-state index in [1.165, 1.54) is 32.1 Å². The van der Waals surface area contributed by atoms with Crippen LogP contribution in [0, 0.1) is 11.8 Å². The molecule has 1 unspecified atom stereocenters. The molecule has 1 saturated carbocycles. The minimum Gasteiger partial charge on any atom is -0.356 e. The van der Waals surface area contributed by atoms with Gasteiger partial charge in [-0.2, -0.15) is 0 Å². The lowest BCUT2D eigenvalue weighted by Crippen LogP contribution is -2.48. The van der Waals surface area contributed by atoms with Crippen molar-refractivity contribution in [2.24, 2.45) is 11.8 Å². The van der Waals surface area contributed by atoms with Crippen LogP contribution in [-0.2, 0) is 4.74 Å². The number of likely N-dealkylation sites (tertiary alicyclic amines) is 1. The summed E-state index contributed by atoms with van der Waals surface area (Å²) < 4.78 is 6.00. The first-order valence-corrected chi connectivity index (χ1v) is 8.10. The summed E-state index contributed by atoms with van der Waals surface area (Å²) in [7, 11) is 0. The largest absolute Gasteiger partial charge is 0.356 e. The van der Waals surface area contributed by atoms with E-state index in [1.54, 1.807) is 0 Å². The number of aliphatic hydroxyl groups excluding tert-OH is 1. The molecule has 1 N–H and O–H groups in total. The van der Waals surface area contributed by atoms with Crippen LogP contribution in [0.1, 0.15) is 65.7 Å². The van der Waals surface area contributed by atoms with E-state index in [-0.39, 0.29) is 5.60 Å². The van der Waals surface area contributed by atoms with Gasteiger partial charge in [0.05, 0.1) is 5.60 Å². The zero-order valence-electron chi connectivity index (χ0n) is 12.9. The second kappa shape index (κ2) is 6.55. The maximum absolute atomic E-state index is 10.3. The second-order valence-electron chi connectivity index (χ2n) is 7.07. The van der Waals surface area contributed by atoms with Crippen molar-refractivity contribution in [2.45, 2.75) is 77.7 Å². The second-order valence-corrected chi connectivity index (χ2v) is 7.07. The van der Waals surface area contributed by atoms with Crippen molar-refractivity contribution in [2.75, 3.05) is 13.1 Å². The third kappa shape index (κ3) is 4.17. The Labute approximate surface area is 118 Å². The molecule has 0 aromatic heterocycles. The number of rotatable bonds is 4. The van der Waals surface area contributed by atoms with E-state index in [1.807, 2.05) is 0 Å². The molecule has 112 valence electrons. The molecule has 2 rings (SSSR count). The Bertz CT molecular complexity index is 266. The topological polar surface area (TPSA) is 32.7 Å². The Morgan fingerprint density at radius 1 is 1.11 bits per heavy atom. The summed E-state index contributed by atoms with van der Waals surface area (Å²) in [5, 5.41) is 10.3. The van der Waals surface area contributed by atoms with Crippen molar-refractivity contribution in [1.29, 1.82) is 0 Å². The first-order valence-electron chi connectivity index (χ1n) is 8.10. The fourth-order valence-electron chi connectivity index (χ4n) is 3.55. The van der Waals surface area contributed by atoms with Crippen LogP contribution in [0.3, 0.4) is 0 Å². The number of piperidine rings is 1. The van der Waals surface area contributed by atoms with Gasteiger partial charge in [0.2, 0.25) is 6.41 Å². The molecular formula is C16H31NO2. The predicted molar refractivity (Wildman–Crippen MR) is 77.7 cm³/mol. The molecule has 2 aliphatic rings. The minimum absolute atomic E-state index is 0.105. The molecule has 0 radical (unpaired) electrons. The molecule has 0 amide bonds. The van der Waals surface area contributed by atoms with Gasteiger partial charge in [0.1, 0.15) is 0 Å². The maximum Gasteiger partial charge on any atom is 0.216 e. The molecule has 0 aromatic carbocycles. The van der Waals surface area contributed by atoms with Gasteiger partial charge in [0, 0.05) is 13.1 Å². The van der Waals surface area contributed by atoms with E-state index in [2.05, 4.69) is 25.7 Å². The number of nitrogens with zero attached hydrogens (tertiary/aromatic N) is 1. The van der Waals surface area contributed by atoms with Gasteiger partial charge in [0.15, 0.2) is 0 Å². The summed E-state index contributed by atoms with van der Waals surface area (Å²) in [6, 6.07) is 0. The van der Waals surface area contributed by atoms with Gasteiger partial charge in [-0.3, -0.25) is 4.90 Å². The third-order valence-electron chi connectivity index (χ3n) is 5.13. The molecule has 0 aromatic rings. The molecule has 2 fully saturated rings. The van der Waals surface area contributed by atoms with Gasteiger partial charge in [-0.25, -0.2) is 0 Å². The van der Waals surface area contributed by atoms with Crippen molar-refractivity contribution >= 4 is 0 Å². The number of aliphatic hydroxyl groups is 1. The van der Waals surface area contributed by atoms with E-state index in [9.17, 15) is 5.11 Å². The van der Waals surface area contributed by atoms with Crippen LogP contribution in [0.25, 0.3) is 0 Å². The average Bonchev–Trinajstić information content (AvgIpc) is 2.39. The Morgan fingerprint density at radius 3 is 2.21 bits per heavy atom. The minimum atomic E-state index is -0.698. The zero-order chi connectivity index (χ0) is 13.9. The van der Waals surface area contributed by atoms with Gasteiger partial charge in [-0.15, -0.1) is 0 Å². The van der Waals surface area contributed by atoms with Crippen LogP contribution < -0.4 is 0 Å². The molecule has 1 atom stereocenters. The lowest BCUT2D eigenvalue weighted by molar-refractivity contribution is -0.259. The summed E-state index contributed by atoms with van der Waals surface area (Å²) in [4.78, 5) is 2.11. The molecular weight excluding hydrogens is 238 g/mol. The summed E-state index contributed by atoms with van der Waals surface area (Å²) in [6.45, 7) is 8.71. The highest BCUT2D eigenvalue weighted by Gasteiger charge is 2.33. The summed E-state index contributed by atoms with van der Waals surface area (Å²) in [6.07, 6.45) is 7.64. The Balaban J connectivity index is 1.79. The van der Waals surface area contributed by atoms with Crippen molar-refractivity contribution in [3.05, 3.63) is 0 Å². The van der Waals surface area contributed by atoms with Crippen molar-refractivity contribution in [1.82, 2.24) is 4.90 Å². The Kier molecular flexibility index (Phi) is 5.27. The number of hydrogen-bond donors (Lipinski definition) is 1. The van der Waals surface area contributed by atoms with E-state index < -0.39 is 6.41 Å². The maximum atomic E-state index is 10.3. The first-order chi connectivity index (χ1) is 9.00. The molecule has 0 bridgehead atoms. The van der Waals surface area contributed by atoms with E-state index in [0.717, 1.165) is 37.8 Å². The molecule has 1 aliphatic carbocycles. The van der Waals surface area contributed by atoms with E-state index >= 15 is 0 Å². The third-order valence-corrected chi connectivity index (χ3v) is 5.13. The highest BCUT2D eigenvalue weighted by molar-refractivity contribution is 4.81. The van der Waals surface area contributed by atoms with Crippen LogP contribution in [0.5, 0.6) is 0 Å². The fourth-order valence-corrected chi connectivity index (χ4v) is 3.55. The molecule has 1 heterocycles. The van der Waals surface area contributed by atoms with Crippen LogP contribution in [-0.4, -0.2) is 35.1 Å². The van der Waals surface area contributed by atoms with E-state index in [4.69, 9.17) is 4.74 Å². The molecule has 1 saturated heterocycles. The number of ether oxygens (including phenoxy) is 1. The molecule has 19 heavy (non-hydrogen) atoms. The van der Waals surface area contributed by atoms with E-state index in [0.29, 0.717) is 0 Å². The molecule has 1 aliphatic heterocycles. The van der Waals surface area contributed by atoms with Crippen molar-refractivity contribution in [3.63, 3.8) is 0 Å². The highest BCUT2D eigenvalue weighted by Crippen LogP contribution is 2.33. The van der Waals surface area contributed by atoms with Crippen molar-refractivity contribution in [3.8, 4) is 0 Å². The van der Waals surface area contributed by atoms with Crippen LogP contribution in [0.2, 0.25) is 0 Å². The van der Waals surface area contributed by atoms with Crippen LogP contribution in [0.15, 0.2) is 0 Å². The quantitative estimate of drug-likeness (QED) is 0.794. The zero-order valence-corrected chi connectivity index (χ0v) is 12.9. The summed E-state index contributed by atoms with van der Waals surface area (Å²) in [5.74, 6) is 1.57. The van der Waals surface area contributed by atoms with Gasteiger partial charge in [-0.1, -0.05) is 33.1 Å². The van der Waals surface area contributed by atoms with Crippen molar-refractivity contribution < 1.29 is 9.84 Å². The fraction of sp³-hybridized carbons (Fsp3) is 1.00. The smallest absolute Gasteiger partial charge is 0.216 e. The molecule has 3 nitrogen and oxygen atoms in total. The number of hydrogen-bond acceptors (Lipinski definition) is 3. The predicted octanol–water partition coefficient (Wildman–Crippen LogP) is 3.37. The van der Waals surface area contributed by atoms with Gasteiger partial charge in [0.25, 0.3) is 0 Å². The Morgan fingerprint density at radius 2 is 1.68 bits per heavy atom. The van der Waals surface area contributed by atoms with Crippen LogP contribution in [0.4, 0.5) is 0 Å². The standard InChI is InChI=1S/C16H31NO2/c1-13(2)14-7-11-17(12-8-14)15(18)19-16(3)9-5-4-6-10-16/h13-15,18H,4-12H2,1-3H3. The average molecular weight is 269 g/mol. The van der Waals surface area contributed by atoms with Crippen LogP contribution >= 0.6 is 0 Å². The van der Waals surface area contributed by atoms with Gasteiger partial charge >= 0.3 is 0 Å².